The predicted molar refractivity (Wildman–Crippen MR) is 232 cm³/mol. The summed E-state index contributed by atoms with van der Waals surface area (Å²) >= 11 is 0. The minimum Gasteiger partial charge on any atom is -0.465 e. The zero-order valence-electron chi connectivity index (χ0n) is 37.0. The van der Waals surface area contributed by atoms with Gasteiger partial charge in [-0.2, -0.15) is 0 Å². The molecule has 0 saturated heterocycles. The first-order valence-electron chi connectivity index (χ1n) is 23.6. The van der Waals surface area contributed by atoms with E-state index in [1.54, 1.807) is 12.1 Å². The Morgan fingerprint density at radius 2 is 0.823 bits per heavy atom. The van der Waals surface area contributed by atoms with Crippen LogP contribution in [0.2, 0.25) is 0 Å². The van der Waals surface area contributed by atoms with Gasteiger partial charge in [0.25, 0.3) is 0 Å². The number of unbranched alkanes of at least 4 members (excludes halogenated alkanes) is 2. The van der Waals surface area contributed by atoms with Crippen LogP contribution in [0.3, 0.4) is 0 Å². The molecule has 4 aliphatic carbocycles. The van der Waals surface area contributed by atoms with E-state index in [1.165, 1.54) is 0 Å². The molecular weight excluding hydrogens is 793 g/mol. The minimum atomic E-state index is -0.445. The molecule has 0 spiro atoms. The molecule has 0 amide bonds. The van der Waals surface area contributed by atoms with E-state index in [0.717, 1.165) is 120 Å². The maximum Gasteiger partial charge on any atom is 0.330 e. The van der Waals surface area contributed by atoms with E-state index in [1.807, 2.05) is 13.0 Å². The molecular formula is C50H70O12. The number of hydrogen-bond acceptors (Lipinski definition) is 12. The summed E-state index contributed by atoms with van der Waals surface area (Å²) in [7, 11) is 0. The van der Waals surface area contributed by atoms with E-state index >= 15 is 0 Å². The molecule has 0 heterocycles. The Labute approximate surface area is 368 Å². The van der Waals surface area contributed by atoms with Crippen molar-refractivity contribution in [1.29, 1.82) is 0 Å². The van der Waals surface area contributed by atoms with E-state index in [0.29, 0.717) is 93.7 Å². The number of rotatable bonds is 21. The van der Waals surface area contributed by atoms with Crippen LogP contribution in [0.25, 0.3) is 0 Å². The summed E-state index contributed by atoms with van der Waals surface area (Å²) in [6, 6.07) is 5.30. The fourth-order valence-corrected chi connectivity index (χ4v) is 10.1. The first kappa shape index (κ1) is 48.6. The van der Waals surface area contributed by atoms with Gasteiger partial charge in [-0.25, -0.2) is 9.59 Å². The molecule has 0 aromatic heterocycles. The molecule has 62 heavy (non-hydrogen) atoms. The summed E-state index contributed by atoms with van der Waals surface area (Å²) in [5, 5.41) is 0. The molecule has 12 nitrogen and oxygen atoms in total. The van der Waals surface area contributed by atoms with Crippen molar-refractivity contribution in [2.45, 2.75) is 142 Å². The van der Waals surface area contributed by atoms with Gasteiger partial charge < -0.3 is 28.4 Å². The molecule has 5 rings (SSSR count). The van der Waals surface area contributed by atoms with Crippen molar-refractivity contribution in [3.8, 4) is 11.5 Å². The Morgan fingerprint density at radius 1 is 0.484 bits per heavy atom. The van der Waals surface area contributed by atoms with Gasteiger partial charge in [0.1, 0.15) is 11.5 Å². The molecule has 0 aliphatic heterocycles. The number of esters is 6. The zero-order chi connectivity index (χ0) is 44.3. The maximum absolute atomic E-state index is 13.4. The fourth-order valence-electron chi connectivity index (χ4n) is 10.1. The largest absolute Gasteiger partial charge is 0.465 e. The number of aryl methyl sites for hydroxylation is 1. The number of hydrogen-bond donors (Lipinski definition) is 0. The predicted octanol–water partition coefficient (Wildman–Crippen LogP) is 9.39. The Morgan fingerprint density at radius 3 is 1.18 bits per heavy atom. The second-order valence-electron chi connectivity index (χ2n) is 17.9. The lowest BCUT2D eigenvalue weighted by atomic mass is 9.69. The average Bonchev–Trinajstić information content (AvgIpc) is 3.31. The highest BCUT2D eigenvalue weighted by atomic mass is 16.6. The summed E-state index contributed by atoms with van der Waals surface area (Å²) in [4.78, 5) is 74.1. The highest BCUT2D eigenvalue weighted by Gasteiger charge is 2.37. The van der Waals surface area contributed by atoms with Gasteiger partial charge in [-0.1, -0.05) is 20.1 Å². The standard InChI is InChI=1S/C50H70O12/c1-4-34-33-43(61-49(55)41-23-15-37(16-24-41)35-11-19-39(20-12-35)47(53)59-31-9-7-29-57-45(51)5-2)27-28-44(34)62-50(56)42-25-17-38(18-26-42)36-13-21-40(22-14-36)48(54)60-32-10-8-30-58-46(52)6-3/h5-6,27-28,33,35-42H,2-4,7-26,29-32H2,1H3. The normalized spacial score (nSPS) is 26.2. The highest BCUT2D eigenvalue weighted by Crippen LogP contribution is 2.44. The number of benzene rings is 1. The summed E-state index contributed by atoms with van der Waals surface area (Å²) in [6.45, 7) is 9.99. The molecule has 0 atom stereocenters. The molecule has 0 radical (unpaired) electrons. The van der Waals surface area contributed by atoms with E-state index in [9.17, 15) is 28.8 Å². The van der Waals surface area contributed by atoms with Crippen LogP contribution in [0.5, 0.6) is 11.5 Å². The SMILES string of the molecule is C=CC(=O)OCCCCOC(=O)C1CCC(C2CCC(C(=O)Oc3ccc(OC(=O)C4CCC(C5CCC(C(=O)OCCCCOC(=O)C=C)CC5)CC4)c(CC)c3)CC2)CC1. The molecule has 342 valence electrons. The van der Waals surface area contributed by atoms with Crippen molar-refractivity contribution in [2.75, 3.05) is 26.4 Å². The number of ether oxygens (including phenoxy) is 6. The Bertz CT molecular complexity index is 1650. The van der Waals surface area contributed by atoms with Crippen molar-refractivity contribution >= 4 is 35.8 Å². The topological polar surface area (TPSA) is 158 Å². The number of carbonyl (C=O) groups excluding carboxylic acids is 6. The molecule has 0 bridgehead atoms. The average molecular weight is 863 g/mol. The molecule has 0 N–H and O–H groups in total. The molecule has 0 unspecified atom stereocenters. The third-order valence-electron chi connectivity index (χ3n) is 14.0. The maximum atomic E-state index is 13.4. The third-order valence-corrected chi connectivity index (χ3v) is 14.0. The van der Waals surface area contributed by atoms with Crippen LogP contribution in [0.1, 0.15) is 141 Å². The third kappa shape index (κ3) is 15.1. The lowest BCUT2D eigenvalue weighted by Crippen LogP contribution is -2.31. The van der Waals surface area contributed by atoms with Gasteiger partial charge in [0.2, 0.25) is 0 Å². The lowest BCUT2D eigenvalue weighted by Gasteiger charge is -2.36. The molecule has 4 saturated carbocycles. The summed E-state index contributed by atoms with van der Waals surface area (Å²) in [6.07, 6.45) is 19.9. The zero-order valence-corrected chi connectivity index (χ0v) is 37.0. The first-order chi connectivity index (χ1) is 30.1. The first-order valence-corrected chi connectivity index (χ1v) is 23.6. The molecule has 4 aliphatic rings. The minimum absolute atomic E-state index is 0.0595. The van der Waals surface area contributed by atoms with Crippen LogP contribution in [-0.4, -0.2) is 62.2 Å². The summed E-state index contributed by atoms with van der Waals surface area (Å²) in [5.41, 5.74) is 0.830. The smallest absolute Gasteiger partial charge is 0.330 e. The second-order valence-corrected chi connectivity index (χ2v) is 17.9. The Kier molecular flexibility index (Phi) is 20.0. The van der Waals surface area contributed by atoms with Gasteiger partial charge in [-0.3, -0.25) is 19.2 Å². The van der Waals surface area contributed by atoms with Gasteiger partial charge in [-0.05, 0) is 182 Å². The van der Waals surface area contributed by atoms with Crippen LogP contribution >= 0.6 is 0 Å². The second kappa shape index (κ2) is 25.6. The quantitative estimate of drug-likeness (QED) is 0.0380. The van der Waals surface area contributed by atoms with Gasteiger partial charge in [0, 0.05) is 12.2 Å². The van der Waals surface area contributed by atoms with Crippen molar-refractivity contribution in [2.24, 2.45) is 47.3 Å². The number of carbonyl (C=O) groups is 6. The monoisotopic (exact) mass is 862 g/mol. The van der Waals surface area contributed by atoms with Crippen molar-refractivity contribution in [3.05, 3.63) is 49.1 Å². The molecule has 1 aromatic carbocycles. The van der Waals surface area contributed by atoms with E-state index < -0.39 is 11.9 Å². The van der Waals surface area contributed by atoms with E-state index in [4.69, 9.17) is 28.4 Å². The highest BCUT2D eigenvalue weighted by molar-refractivity contribution is 5.81. The van der Waals surface area contributed by atoms with Gasteiger partial charge in [0.05, 0.1) is 50.1 Å². The van der Waals surface area contributed by atoms with E-state index in [-0.39, 0.29) is 47.5 Å². The van der Waals surface area contributed by atoms with Crippen molar-refractivity contribution in [3.63, 3.8) is 0 Å². The molecule has 12 heteroatoms. The van der Waals surface area contributed by atoms with E-state index in [2.05, 4.69) is 13.2 Å². The van der Waals surface area contributed by atoms with Crippen LogP contribution in [0.15, 0.2) is 43.5 Å². The van der Waals surface area contributed by atoms with Gasteiger partial charge >= 0.3 is 35.8 Å². The van der Waals surface area contributed by atoms with Crippen LogP contribution in [0, 0.1) is 47.3 Å². The molecule has 1 aromatic rings. The Balaban J connectivity index is 0.947. The van der Waals surface area contributed by atoms with Crippen LogP contribution in [-0.2, 0) is 54.1 Å². The summed E-state index contributed by atoms with van der Waals surface area (Å²) < 4.78 is 32.8. The van der Waals surface area contributed by atoms with Crippen molar-refractivity contribution < 1.29 is 57.2 Å². The van der Waals surface area contributed by atoms with Gasteiger partial charge in [-0.15, -0.1) is 0 Å². The van der Waals surface area contributed by atoms with Crippen molar-refractivity contribution in [1.82, 2.24) is 0 Å². The molecule has 4 fully saturated rings. The fraction of sp³-hybridized carbons (Fsp3) is 0.680. The van der Waals surface area contributed by atoms with Gasteiger partial charge in [0.15, 0.2) is 0 Å². The summed E-state index contributed by atoms with van der Waals surface area (Å²) in [5.74, 6) is 1.26. The van der Waals surface area contributed by atoms with Crippen LogP contribution in [0.4, 0.5) is 0 Å². The Hall–Kier alpha value is -4.48. The lowest BCUT2D eigenvalue weighted by molar-refractivity contribution is -0.151. The van der Waals surface area contributed by atoms with Crippen LogP contribution < -0.4 is 9.47 Å².